The number of benzene rings is 2. The van der Waals surface area contributed by atoms with Gasteiger partial charge < -0.3 is 15.8 Å². The number of likely N-dealkylation sites (tertiary alicyclic amines) is 1. The maximum Gasteiger partial charge on any atom is 0.265 e. The lowest BCUT2D eigenvalue weighted by Crippen LogP contribution is -2.50. The molecule has 1 atom stereocenters. The lowest BCUT2D eigenvalue weighted by Gasteiger charge is -2.41. The van der Waals surface area contributed by atoms with Crippen LogP contribution in [0.1, 0.15) is 12.0 Å². The maximum atomic E-state index is 13.3. The second-order valence-corrected chi connectivity index (χ2v) is 7.51. The molecule has 4 rings (SSSR count). The van der Waals surface area contributed by atoms with E-state index in [9.17, 15) is 9.18 Å². The number of amides is 1. The van der Waals surface area contributed by atoms with Crippen LogP contribution >= 0.6 is 0 Å². The van der Waals surface area contributed by atoms with Gasteiger partial charge in [0.05, 0.1) is 12.1 Å². The van der Waals surface area contributed by atoms with E-state index in [1.54, 1.807) is 25.4 Å². The predicted molar refractivity (Wildman–Crippen MR) is 118 cm³/mol. The van der Waals surface area contributed by atoms with Crippen LogP contribution in [0.4, 0.5) is 10.1 Å². The minimum atomic E-state index is -0.590. The van der Waals surface area contributed by atoms with E-state index < -0.39 is 5.91 Å². The molecular formula is C23H24FN5O2. The lowest BCUT2D eigenvalue weighted by molar-refractivity contribution is -0.114. The number of rotatable bonds is 8. The number of ether oxygens (including phenoxy) is 1. The molecule has 31 heavy (non-hydrogen) atoms. The van der Waals surface area contributed by atoms with Gasteiger partial charge in [0.25, 0.3) is 5.91 Å². The van der Waals surface area contributed by atoms with Gasteiger partial charge in [-0.2, -0.15) is 0 Å². The summed E-state index contributed by atoms with van der Waals surface area (Å²) in [5.74, 6) is -0.944. The summed E-state index contributed by atoms with van der Waals surface area (Å²) in [6.07, 6.45) is 4.27. The summed E-state index contributed by atoms with van der Waals surface area (Å²) in [7, 11) is 1.68. The highest BCUT2D eigenvalue weighted by Crippen LogP contribution is 2.28. The van der Waals surface area contributed by atoms with Gasteiger partial charge in [0.1, 0.15) is 17.8 Å². The molecule has 2 aromatic carbocycles. The Morgan fingerprint density at radius 2 is 2.10 bits per heavy atom. The van der Waals surface area contributed by atoms with Crippen LogP contribution in [-0.4, -0.2) is 53.6 Å². The van der Waals surface area contributed by atoms with E-state index in [0.717, 1.165) is 35.0 Å². The molecule has 1 saturated heterocycles. The van der Waals surface area contributed by atoms with Gasteiger partial charge in [0, 0.05) is 49.1 Å². The van der Waals surface area contributed by atoms with Gasteiger partial charge in [-0.05, 0) is 48.4 Å². The molecule has 1 aliphatic rings. The van der Waals surface area contributed by atoms with E-state index in [4.69, 9.17) is 10.5 Å². The van der Waals surface area contributed by atoms with Crippen molar-refractivity contribution in [2.24, 2.45) is 5.73 Å². The van der Waals surface area contributed by atoms with Crippen molar-refractivity contribution in [2.45, 2.75) is 12.5 Å². The lowest BCUT2D eigenvalue weighted by atomic mass is 9.96. The van der Waals surface area contributed by atoms with E-state index in [-0.39, 0.29) is 17.6 Å². The van der Waals surface area contributed by atoms with E-state index in [2.05, 4.69) is 20.2 Å². The van der Waals surface area contributed by atoms with Crippen molar-refractivity contribution in [3.63, 3.8) is 0 Å². The highest BCUT2D eigenvalue weighted by atomic mass is 19.1. The van der Waals surface area contributed by atoms with Crippen LogP contribution in [0.2, 0.25) is 0 Å². The van der Waals surface area contributed by atoms with Gasteiger partial charge in [-0.3, -0.25) is 9.69 Å². The summed E-state index contributed by atoms with van der Waals surface area (Å²) in [6, 6.07) is 11.9. The quantitative estimate of drug-likeness (QED) is 0.544. The van der Waals surface area contributed by atoms with Crippen molar-refractivity contribution in [1.82, 2.24) is 14.9 Å². The van der Waals surface area contributed by atoms with E-state index in [1.165, 1.54) is 18.5 Å². The summed E-state index contributed by atoms with van der Waals surface area (Å²) in [5, 5.41) is 3.96. The second kappa shape index (κ2) is 9.20. The molecule has 0 saturated carbocycles. The molecule has 1 amide bonds. The van der Waals surface area contributed by atoms with Crippen molar-refractivity contribution in [3.05, 3.63) is 72.1 Å². The van der Waals surface area contributed by atoms with Crippen LogP contribution in [0.15, 0.2) is 60.7 Å². The van der Waals surface area contributed by atoms with Crippen molar-refractivity contribution in [2.75, 3.05) is 32.1 Å². The molecule has 0 radical (unpaired) electrons. The minimum absolute atomic E-state index is 0.269. The molecule has 0 aliphatic carbocycles. The summed E-state index contributed by atoms with van der Waals surface area (Å²) < 4.78 is 18.7. The van der Waals surface area contributed by atoms with E-state index in [1.807, 2.05) is 18.2 Å². The van der Waals surface area contributed by atoms with Crippen LogP contribution in [-0.2, 0) is 9.53 Å². The number of primary amides is 1. The number of nitrogens with zero attached hydrogens (tertiary/aromatic N) is 3. The van der Waals surface area contributed by atoms with Crippen LogP contribution in [0.3, 0.4) is 0 Å². The number of carbonyl (C=O) groups excluding carboxylic acids is 1. The molecule has 1 aliphatic heterocycles. The van der Waals surface area contributed by atoms with Crippen LogP contribution in [0.25, 0.3) is 16.5 Å². The smallest absolute Gasteiger partial charge is 0.265 e. The van der Waals surface area contributed by atoms with Crippen LogP contribution in [0, 0.1) is 5.82 Å². The fourth-order valence-electron chi connectivity index (χ4n) is 3.74. The van der Waals surface area contributed by atoms with Crippen molar-refractivity contribution in [1.29, 1.82) is 0 Å². The van der Waals surface area contributed by atoms with Gasteiger partial charge in [-0.15, -0.1) is 0 Å². The predicted octanol–water partition coefficient (Wildman–Crippen LogP) is 2.80. The van der Waals surface area contributed by atoms with Crippen molar-refractivity contribution >= 4 is 28.1 Å². The molecule has 1 unspecified atom stereocenters. The number of aromatic nitrogens is 2. The minimum Gasteiger partial charge on any atom is -0.383 e. The summed E-state index contributed by atoms with van der Waals surface area (Å²) >= 11 is 0. The number of nitrogens with one attached hydrogen (secondary N) is 1. The summed E-state index contributed by atoms with van der Waals surface area (Å²) in [6.45, 7) is 2.03. The Morgan fingerprint density at radius 3 is 2.77 bits per heavy atom. The number of fused-ring (bicyclic) bond motifs is 1. The summed E-state index contributed by atoms with van der Waals surface area (Å²) in [5.41, 5.74) is 9.05. The third-order valence-corrected chi connectivity index (χ3v) is 5.50. The number of nitrogens with two attached hydrogens (primary N) is 1. The van der Waals surface area contributed by atoms with Gasteiger partial charge in [-0.25, -0.2) is 14.4 Å². The third-order valence-electron chi connectivity index (χ3n) is 5.50. The highest BCUT2D eigenvalue weighted by Gasteiger charge is 2.30. The normalized spacial score (nSPS) is 17.2. The zero-order chi connectivity index (χ0) is 21.8. The molecule has 160 valence electrons. The number of methoxy groups -OCH3 is 1. The number of hydrogen-bond acceptors (Lipinski definition) is 6. The Kier molecular flexibility index (Phi) is 6.20. The van der Waals surface area contributed by atoms with Gasteiger partial charge in [-0.1, -0.05) is 6.07 Å². The molecule has 0 spiro atoms. The monoisotopic (exact) mass is 421 g/mol. The fraction of sp³-hybridized carbons (Fsp3) is 0.261. The molecular weight excluding hydrogens is 397 g/mol. The Hall–Kier alpha value is -3.36. The molecule has 2 heterocycles. The highest BCUT2D eigenvalue weighted by molar-refractivity contribution is 6.03. The molecule has 3 aromatic rings. The first-order valence-corrected chi connectivity index (χ1v) is 10.0. The number of carbonyl (C=O) groups is 1. The van der Waals surface area contributed by atoms with Crippen molar-refractivity contribution in [3.8, 4) is 0 Å². The Morgan fingerprint density at radius 1 is 1.29 bits per heavy atom. The SMILES string of the molecule is COCC1CCN1C/C(=C(\Nc1ccc(F)cc1)C(N)=O)c1ccc2ncncc2c1. The van der Waals surface area contributed by atoms with Gasteiger partial charge in [0.2, 0.25) is 0 Å². The molecule has 1 fully saturated rings. The van der Waals surface area contributed by atoms with Crippen LogP contribution < -0.4 is 11.1 Å². The number of hydrogen-bond donors (Lipinski definition) is 2. The Bertz CT molecular complexity index is 1120. The van der Waals surface area contributed by atoms with E-state index >= 15 is 0 Å². The average Bonchev–Trinajstić information content (AvgIpc) is 2.77. The molecule has 3 N–H and O–H groups in total. The number of anilines is 1. The van der Waals surface area contributed by atoms with E-state index in [0.29, 0.717) is 18.8 Å². The molecule has 0 bridgehead atoms. The van der Waals surface area contributed by atoms with Gasteiger partial charge in [0.15, 0.2) is 0 Å². The zero-order valence-electron chi connectivity index (χ0n) is 17.2. The maximum absolute atomic E-state index is 13.3. The molecule has 7 nitrogen and oxygen atoms in total. The number of halogens is 1. The zero-order valence-corrected chi connectivity index (χ0v) is 17.2. The third kappa shape index (κ3) is 4.70. The largest absolute Gasteiger partial charge is 0.383 e. The first-order chi connectivity index (χ1) is 15.0. The molecule has 1 aromatic heterocycles. The van der Waals surface area contributed by atoms with Crippen molar-refractivity contribution < 1.29 is 13.9 Å². The Labute approximate surface area is 179 Å². The average molecular weight is 421 g/mol. The first-order valence-electron chi connectivity index (χ1n) is 10.0. The fourth-order valence-corrected chi connectivity index (χ4v) is 3.74. The topological polar surface area (TPSA) is 93.4 Å². The van der Waals surface area contributed by atoms with Gasteiger partial charge >= 0.3 is 0 Å². The first kappa shape index (κ1) is 20.9. The second-order valence-electron chi connectivity index (χ2n) is 7.51. The Balaban J connectivity index is 1.77. The molecule has 8 heteroatoms. The standard InChI is InChI=1S/C23H24FN5O2/c1-31-13-19-8-9-29(19)12-20(15-2-7-21-16(10-15)11-26-14-27-21)22(23(25)30)28-18-5-3-17(24)4-6-18/h2-7,10-11,14,19,28H,8-9,12-13H2,1H3,(H2,25,30)/b22-20+. The summed E-state index contributed by atoms with van der Waals surface area (Å²) in [4.78, 5) is 23.1. The van der Waals surface area contributed by atoms with Crippen LogP contribution in [0.5, 0.6) is 0 Å².